The summed E-state index contributed by atoms with van der Waals surface area (Å²) in [5, 5.41) is 28.8. The van der Waals surface area contributed by atoms with Crippen LogP contribution in [0.25, 0.3) is 0 Å². The molecular weight excluding hydrogens is 572 g/mol. The topological polar surface area (TPSA) is 135 Å². The van der Waals surface area contributed by atoms with Crippen LogP contribution in [0.15, 0.2) is 52.7 Å². The van der Waals surface area contributed by atoms with Gasteiger partial charge in [-0.3, -0.25) is 14.9 Å². The van der Waals surface area contributed by atoms with Gasteiger partial charge in [-0.25, -0.2) is 4.79 Å². The molecule has 0 aliphatic carbocycles. The molecule has 2 rings (SSSR count). The van der Waals surface area contributed by atoms with Crippen molar-refractivity contribution in [3.8, 4) is 0 Å². The van der Waals surface area contributed by atoms with Crippen molar-refractivity contribution in [1.82, 2.24) is 0 Å². The molecule has 0 aromatic heterocycles. The van der Waals surface area contributed by atoms with Gasteiger partial charge >= 0.3 is 11.9 Å². The molecule has 0 amide bonds. The summed E-state index contributed by atoms with van der Waals surface area (Å²) >= 11 is 0. The monoisotopic (exact) mass is 624 g/mol. The van der Waals surface area contributed by atoms with Crippen LogP contribution in [0.4, 0.5) is 22.7 Å². The van der Waals surface area contributed by atoms with Crippen LogP contribution in [-0.4, -0.2) is 41.7 Å². The lowest BCUT2D eigenvalue weighted by Gasteiger charge is -2.22. The molecule has 10 nitrogen and oxygen atoms in total. The van der Waals surface area contributed by atoms with Gasteiger partial charge in [0.25, 0.3) is 5.69 Å². The minimum Gasteiger partial charge on any atom is -0.481 e. The lowest BCUT2D eigenvalue weighted by atomic mass is 10.0. The van der Waals surface area contributed by atoms with Gasteiger partial charge in [0.2, 0.25) is 0 Å². The Bertz CT molecular complexity index is 1190. The van der Waals surface area contributed by atoms with E-state index in [9.17, 15) is 19.7 Å². The molecule has 0 saturated carbocycles. The standard InChI is InChI=1S/C35H52N4O6/c1-3-5-6-7-8-9-10-11-12-13-14-15-16-17-18-27-45-35(42)29-19-24-32(33(28-29)39(43)44)37-36-30-20-22-31(23-21-30)38(4-2)26-25-34(40)41/h19-24,28H,3-18,25-27H2,1-2H3,(H,40,41). The van der Waals surface area contributed by atoms with Gasteiger partial charge in [0.1, 0.15) is 0 Å². The maximum Gasteiger partial charge on any atom is 0.338 e. The molecule has 2 aromatic rings. The number of nitro benzene ring substituents is 1. The Morgan fingerprint density at radius 2 is 1.36 bits per heavy atom. The molecular formula is C35H52N4O6. The number of rotatable bonds is 25. The van der Waals surface area contributed by atoms with Crippen LogP contribution in [0.2, 0.25) is 0 Å². The third-order valence-electron chi connectivity index (χ3n) is 7.85. The number of ether oxygens (including phenoxy) is 1. The maximum absolute atomic E-state index is 12.5. The van der Waals surface area contributed by atoms with E-state index in [4.69, 9.17) is 9.84 Å². The number of nitrogens with zero attached hydrogens (tertiary/aromatic N) is 4. The van der Waals surface area contributed by atoms with E-state index < -0.39 is 16.9 Å². The van der Waals surface area contributed by atoms with E-state index >= 15 is 0 Å². The minimum atomic E-state index is -0.861. The predicted octanol–water partition coefficient (Wildman–Crippen LogP) is 10.3. The highest BCUT2D eigenvalue weighted by Gasteiger charge is 2.18. The van der Waals surface area contributed by atoms with Gasteiger partial charge in [0, 0.05) is 24.8 Å². The first-order chi connectivity index (χ1) is 21.8. The summed E-state index contributed by atoms with van der Waals surface area (Å²) in [4.78, 5) is 36.4. The van der Waals surface area contributed by atoms with Crippen molar-refractivity contribution in [2.75, 3.05) is 24.6 Å². The Morgan fingerprint density at radius 1 is 0.800 bits per heavy atom. The first-order valence-electron chi connectivity index (χ1n) is 16.8. The molecule has 45 heavy (non-hydrogen) atoms. The molecule has 0 atom stereocenters. The molecule has 2 aromatic carbocycles. The van der Waals surface area contributed by atoms with Crippen molar-refractivity contribution in [1.29, 1.82) is 0 Å². The summed E-state index contributed by atoms with van der Waals surface area (Å²) in [6.45, 7) is 5.51. The molecule has 0 spiro atoms. The van der Waals surface area contributed by atoms with Crippen molar-refractivity contribution in [3.05, 3.63) is 58.1 Å². The maximum atomic E-state index is 12.5. The third-order valence-corrected chi connectivity index (χ3v) is 7.85. The van der Waals surface area contributed by atoms with Crippen LogP contribution in [0.3, 0.4) is 0 Å². The average molecular weight is 625 g/mol. The Kier molecular flexibility index (Phi) is 18.8. The summed E-state index contributed by atoms with van der Waals surface area (Å²) in [5.41, 5.74) is 1.12. The molecule has 0 saturated heterocycles. The van der Waals surface area contributed by atoms with Gasteiger partial charge in [-0.05, 0) is 49.7 Å². The molecule has 0 unspecified atom stereocenters. The van der Waals surface area contributed by atoms with Crippen LogP contribution < -0.4 is 4.90 Å². The number of hydrogen-bond acceptors (Lipinski definition) is 8. The van der Waals surface area contributed by atoms with Crippen molar-refractivity contribution >= 4 is 34.7 Å². The Labute approximate surface area is 268 Å². The molecule has 0 bridgehead atoms. The van der Waals surface area contributed by atoms with E-state index in [1.54, 1.807) is 24.3 Å². The molecule has 0 radical (unpaired) electrons. The first kappa shape index (κ1) is 37.4. The van der Waals surface area contributed by atoms with Crippen molar-refractivity contribution in [3.63, 3.8) is 0 Å². The van der Waals surface area contributed by atoms with E-state index in [1.807, 2.05) is 11.8 Å². The fourth-order valence-electron chi connectivity index (χ4n) is 5.14. The van der Waals surface area contributed by atoms with Gasteiger partial charge in [0.15, 0.2) is 5.69 Å². The molecule has 0 aliphatic rings. The molecule has 1 N–H and O–H groups in total. The average Bonchev–Trinajstić information content (AvgIpc) is 3.04. The number of nitro groups is 1. The molecule has 0 heterocycles. The zero-order valence-corrected chi connectivity index (χ0v) is 27.3. The fourth-order valence-corrected chi connectivity index (χ4v) is 5.14. The van der Waals surface area contributed by atoms with Gasteiger partial charge < -0.3 is 14.7 Å². The first-order valence-corrected chi connectivity index (χ1v) is 16.8. The number of carboxylic acids is 1. The summed E-state index contributed by atoms with van der Waals surface area (Å²) in [6, 6.07) is 11.0. The largest absolute Gasteiger partial charge is 0.481 e. The lowest BCUT2D eigenvalue weighted by molar-refractivity contribution is -0.384. The van der Waals surface area contributed by atoms with Crippen molar-refractivity contribution < 1.29 is 24.4 Å². The number of benzene rings is 2. The number of azo groups is 1. The summed E-state index contributed by atoms with van der Waals surface area (Å²) in [7, 11) is 0. The third kappa shape index (κ3) is 15.6. The Hall–Kier alpha value is -3.82. The summed E-state index contributed by atoms with van der Waals surface area (Å²) in [5.74, 6) is -1.45. The Balaban J connectivity index is 1.70. The second-order valence-electron chi connectivity index (χ2n) is 11.5. The number of carboxylic acid groups (broad SMARTS) is 1. The molecule has 248 valence electrons. The number of esters is 1. The number of carbonyl (C=O) groups excluding carboxylic acids is 1. The van der Waals surface area contributed by atoms with Crippen LogP contribution in [0.1, 0.15) is 127 Å². The molecule has 0 aliphatic heterocycles. The highest BCUT2D eigenvalue weighted by molar-refractivity contribution is 5.91. The number of aliphatic carboxylic acids is 1. The second-order valence-corrected chi connectivity index (χ2v) is 11.5. The Morgan fingerprint density at radius 3 is 1.87 bits per heavy atom. The normalized spacial score (nSPS) is 11.2. The van der Waals surface area contributed by atoms with Crippen molar-refractivity contribution in [2.24, 2.45) is 10.2 Å². The minimum absolute atomic E-state index is 0.0275. The molecule has 0 fully saturated rings. The van der Waals surface area contributed by atoms with E-state index in [1.165, 1.54) is 95.2 Å². The zero-order chi connectivity index (χ0) is 32.7. The summed E-state index contributed by atoms with van der Waals surface area (Å²) in [6.07, 6.45) is 18.9. The van der Waals surface area contributed by atoms with Crippen molar-refractivity contribution in [2.45, 2.75) is 117 Å². The SMILES string of the molecule is CCCCCCCCCCCCCCCCCOC(=O)c1ccc(N=Nc2ccc(N(CC)CCC(=O)O)cc2)c([N+](=O)[O-])c1. The van der Waals surface area contributed by atoms with Gasteiger partial charge in [-0.1, -0.05) is 96.8 Å². The quantitative estimate of drug-likeness (QED) is 0.0382. The van der Waals surface area contributed by atoms with E-state index in [2.05, 4.69) is 17.2 Å². The molecule has 10 heteroatoms. The van der Waals surface area contributed by atoms with Crippen LogP contribution in [0.5, 0.6) is 0 Å². The lowest BCUT2D eigenvalue weighted by Crippen LogP contribution is -2.25. The van der Waals surface area contributed by atoms with Crippen LogP contribution in [-0.2, 0) is 9.53 Å². The second kappa shape index (κ2) is 22.7. The zero-order valence-electron chi connectivity index (χ0n) is 27.3. The number of hydrogen-bond donors (Lipinski definition) is 1. The number of unbranched alkanes of at least 4 members (excludes halogenated alkanes) is 14. The fraction of sp³-hybridized carbons (Fsp3) is 0.600. The summed E-state index contributed by atoms with van der Waals surface area (Å²) < 4.78 is 5.36. The highest BCUT2D eigenvalue weighted by Crippen LogP contribution is 2.31. The van der Waals surface area contributed by atoms with Gasteiger partial charge in [-0.15, -0.1) is 5.11 Å². The van der Waals surface area contributed by atoms with Gasteiger partial charge in [-0.2, -0.15) is 5.11 Å². The van der Waals surface area contributed by atoms with Crippen LogP contribution >= 0.6 is 0 Å². The highest BCUT2D eigenvalue weighted by atomic mass is 16.6. The van der Waals surface area contributed by atoms with Crippen LogP contribution in [0, 0.1) is 10.1 Å². The number of anilines is 1. The van der Waals surface area contributed by atoms with E-state index in [0.717, 1.165) is 24.9 Å². The predicted molar refractivity (Wildman–Crippen MR) is 179 cm³/mol. The number of carbonyl (C=O) groups is 2. The van der Waals surface area contributed by atoms with Gasteiger partial charge in [0.05, 0.1) is 29.2 Å². The smallest absolute Gasteiger partial charge is 0.338 e. The van der Waals surface area contributed by atoms with E-state index in [-0.39, 0.29) is 30.0 Å². The van der Waals surface area contributed by atoms with E-state index in [0.29, 0.717) is 18.8 Å².